The fourth-order valence-corrected chi connectivity index (χ4v) is 2.51. The zero-order valence-corrected chi connectivity index (χ0v) is 14.5. The van der Waals surface area contributed by atoms with Crippen LogP contribution in [0.4, 0.5) is 0 Å². The van der Waals surface area contributed by atoms with Crippen molar-refractivity contribution in [2.24, 2.45) is 5.92 Å². The third kappa shape index (κ3) is 7.07. The van der Waals surface area contributed by atoms with Crippen molar-refractivity contribution in [1.29, 1.82) is 0 Å². The number of benzene rings is 1. The van der Waals surface area contributed by atoms with Gasteiger partial charge in [-0.15, -0.1) is 0 Å². The van der Waals surface area contributed by atoms with Crippen LogP contribution >= 0.6 is 0 Å². The predicted octanol–water partition coefficient (Wildman–Crippen LogP) is -0.347. The fourth-order valence-electron chi connectivity index (χ4n) is 2.51. The molecule has 0 saturated carbocycles. The second kappa shape index (κ2) is 10.7. The Morgan fingerprint density at radius 2 is 1.81 bits per heavy atom. The maximum absolute atomic E-state index is 12.5. The number of nitrogens with one attached hydrogen (secondary N) is 3. The molecule has 1 fully saturated rings. The second-order valence-electron chi connectivity index (χ2n) is 6.68. The van der Waals surface area contributed by atoms with Crippen molar-refractivity contribution in [3.8, 4) is 0 Å². The molecule has 1 heterocycles. The Labute approximate surface area is 175 Å². The molecule has 0 aliphatic carbocycles. The summed E-state index contributed by atoms with van der Waals surface area (Å²) in [5.41, 5.74) is 0.922. The molecule has 0 bridgehead atoms. The summed E-state index contributed by atoms with van der Waals surface area (Å²) in [6.45, 7) is 4.68. The van der Waals surface area contributed by atoms with Crippen LogP contribution in [0.25, 0.3) is 0 Å². The van der Waals surface area contributed by atoms with Crippen LogP contribution < -0.4 is 16.0 Å². The van der Waals surface area contributed by atoms with Gasteiger partial charge in [0.1, 0.15) is 18.1 Å². The second-order valence-corrected chi connectivity index (χ2v) is 6.68. The molecule has 7 nitrogen and oxygen atoms in total. The van der Waals surface area contributed by atoms with Gasteiger partial charge < -0.3 is 15.7 Å². The van der Waals surface area contributed by atoms with Crippen molar-refractivity contribution in [2.45, 2.75) is 44.8 Å². The number of hydrogen-bond donors (Lipinski definition) is 4. The summed E-state index contributed by atoms with van der Waals surface area (Å²) in [5, 5.41) is 17.0. The molecule has 1 aromatic carbocycles. The molecule has 2 amide bonds. The van der Waals surface area contributed by atoms with Crippen molar-refractivity contribution >= 4 is 47.3 Å². The van der Waals surface area contributed by atoms with E-state index < -0.39 is 30.0 Å². The van der Waals surface area contributed by atoms with Crippen molar-refractivity contribution in [3.63, 3.8) is 0 Å². The summed E-state index contributed by atoms with van der Waals surface area (Å²) in [4.78, 5) is 35.5. The van der Waals surface area contributed by atoms with Crippen LogP contribution in [0.15, 0.2) is 30.3 Å². The van der Waals surface area contributed by atoms with Gasteiger partial charge >= 0.3 is 35.5 Å². The van der Waals surface area contributed by atoms with E-state index in [0.717, 1.165) is 12.0 Å². The summed E-state index contributed by atoms with van der Waals surface area (Å²) in [6, 6.07) is 7.00. The van der Waals surface area contributed by atoms with Gasteiger partial charge in [0.25, 0.3) is 0 Å². The first-order valence-electron chi connectivity index (χ1n) is 8.49. The molecule has 1 aliphatic heterocycles. The number of amides is 2. The molecule has 0 aromatic heterocycles. The zero-order chi connectivity index (χ0) is 18.4. The van der Waals surface area contributed by atoms with E-state index in [-0.39, 0.29) is 35.5 Å². The van der Waals surface area contributed by atoms with Crippen LogP contribution in [0, 0.1) is 5.92 Å². The average molecular weight is 371 g/mol. The van der Waals surface area contributed by atoms with E-state index in [1.165, 1.54) is 0 Å². The minimum atomic E-state index is -1.07. The van der Waals surface area contributed by atoms with Gasteiger partial charge in [-0.05, 0) is 17.9 Å². The number of carboxylic acids is 1. The van der Waals surface area contributed by atoms with E-state index in [9.17, 15) is 14.4 Å². The molecule has 26 heavy (non-hydrogen) atoms. The van der Waals surface area contributed by atoms with Crippen LogP contribution in [-0.2, 0) is 20.8 Å². The molecule has 3 atom stereocenters. The van der Waals surface area contributed by atoms with Crippen LogP contribution in [-0.4, -0.2) is 77.1 Å². The predicted molar refractivity (Wildman–Crippen MR) is 100 cm³/mol. The molecule has 8 heteroatoms. The van der Waals surface area contributed by atoms with Gasteiger partial charge in [0.05, 0.1) is 0 Å². The van der Waals surface area contributed by atoms with Gasteiger partial charge in [-0.2, -0.15) is 0 Å². The van der Waals surface area contributed by atoms with Crippen molar-refractivity contribution in [2.75, 3.05) is 6.54 Å². The summed E-state index contributed by atoms with van der Waals surface area (Å²) in [6.07, 6.45) is 1.20. The number of carbonyl (C=O) groups is 3. The van der Waals surface area contributed by atoms with Crippen LogP contribution in [0.2, 0.25) is 0 Å². The Morgan fingerprint density at radius 3 is 2.35 bits per heavy atom. The first kappa shape index (κ1) is 22.6. The first-order chi connectivity index (χ1) is 11.9. The van der Waals surface area contributed by atoms with E-state index in [1.54, 1.807) is 0 Å². The molecule has 138 valence electrons. The number of rotatable bonds is 9. The normalized spacial score (nSPS) is 19.2. The Bertz CT molecular complexity index is 624. The molecule has 1 saturated heterocycles. The third-order valence-corrected chi connectivity index (χ3v) is 4.07. The van der Waals surface area contributed by atoms with E-state index in [2.05, 4.69) is 29.8 Å². The third-order valence-electron chi connectivity index (χ3n) is 4.07. The SMILES string of the molecule is CC(C)CCNC(=O)[C@H](Cc1ccccc1)NC(=O)[C@H]1N[C@@H]1C(=O)O.[NaH]. The van der Waals surface area contributed by atoms with Crippen LogP contribution in [0.1, 0.15) is 25.8 Å². The summed E-state index contributed by atoms with van der Waals surface area (Å²) in [5.74, 6) is -1.33. The van der Waals surface area contributed by atoms with E-state index >= 15 is 0 Å². The number of carboxylic acid groups (broad SMARTS) is 1. The van der Waals surface area contributed by atoms with Crippen molar-refractivity contribution < 1.29 is 19.5 Å². The van der Waals surface area contributed by atoms with Crippen LogP contribution in [0.5, 0.6) is 0 Å². The molecule has 0 unspecified atom stereocenters. The standard InChI is InChI=1S/C18H25N3O4.Na.H/c1-11(2)8-9-19-16(22)13(10-12-6-4-3-5-7-12)20-17(23)14-15(21-14)18(24)25;;/h3-7,11,13-15,21H,8-10H2,1-2H3,(H,19,22)(H,20,23)(H,24,25);;/t13-,14-,15-;;/m0../s1. The Kier molecular flexibility index (Phi) is 9.29. The first-order valence-corrected chi connectivity index (χ1v) is 8.49. The number of hydrogen-bond acceptors (Lipinski definition) is 4. The van der Waals surface area contributed by atoms with Gasteiger partial charge in [0, 0.05) is 13.0 Å². The molecule has 1 aromatic rings. The topological polar surface area (TPSA) is 117 Å². The monoisotopic (exact) mass is 371 g/mol. The summed E-state index contributed by atoms with van der Waals surface area (Å²) >= 11 is 0. The molecule has 1 aliphatic rings. The average Bonchev–Trinajstić information content (AvgIpc) is 3.35. The van der Waals surface area contributed by atoms with Gasteiger partial charge in [0.15, 0.2) is 0 Å². The van der Waals surface area contributed by atoms with E-state index in [4.69, 9.17) is 5.11 Å². The van der Waals surface area contributed by atoms with Gasteiger partial charge in [-0.3, -0.25) is 19.7 Å². The van der Waals surface area contributed by atoms with Gasteiger partial charge in [0.2, 0.25) is 11.8 Å². The molecular weight excluding hydrogens is 345 g/mol. The Morgan fingerprint density at radius 1 is 1.15 bits per heavy atom. The molecular formula is C18H26N3NaO4. The van der Waals surface area contributed by atoms with Crippen LogP contribution in [0.3, 0.4) is 0 Å². The molecule has 4 N–H and O–H groups in total. The zero-order valence-electron chi connectivity index (χ0n) is 14.5. The minimum absolute atomic E-state index is 0. The van der Waals surface area contributed by atoms with E-state index in [1.807, 2.05) is 30.3 Å². The van der Waals surface area contributed by atoms with Crippen molar-refractivity contribution in [3.05, 3.63) is 35.9 Å². The number of carbonyl (C=O) groups excluding carboxylic acids is 2. The van der Waals surface area contributed by atoms with Crippen molar-refractivity contribution in [1.82, 2.24) is 16.0 Å². The molecule has 2 rings (SSSR count). The molecule has 0 spiro atoms. The quantitative estimate of drug-likeness (QED) is 0.350. The fraction of sp³-hybridized carbons (Fsp3) is 0.500. The summed E-state index contributed by atoms with van der Waals surface area (Å²) < 4.78 is 0. The van der Waals surface area contributed by atoms with Gasteiger partial charge in [-0.1, -0.05) is 44.2 Å². The Balaban J connectivity index is 0.00000338. The molecule has 0 radical (unpaired) electrons. The Hall–Kier alpha value is -1.41. The number of aliphatic carboxylic acids is 1. The maximum atomic E-state index is 12.5. The summed E-state index contributed by atoms with van der Waals surface area (Å²) in [7, 11) is 0. The van der Waals surface area contributed by atoms with Gasteiger partial charge in [-0.25, -0.2) is 0 Å². The van der Waals surface area contributed by atoms with E-state index in [0.29, 0.717) is 18.9 Å².